The van der Waals surface area contributed by atoms with Crippen molar-refractivity contribution in [1.29, 1.82) is 0 Å². The molecular weight excluding hydrogens is 688 g/mol. The summed E-state index contributed by atoms with van der Waals surface area (Å²) in [6.07, 6.45) is -15.1. The van der Waals surface area contributed by atoms with Gasteiger partial charge in [-0.2, -0.15) is 39.5 Å². The second kappa shape index (κ2) is 12.1. The van der Waals surface area contributed by atoms with E-state index in [-0.39, 0.29) is 21.6 Å². The summed E-state index contributed by atoms with van der Waals surface area (Å²) in [4.78, 5) is 24.0. The van der Waals surface area contributed by atoms with E-state index in [1.807, 2.05) is 0 Å². The van der Waals surface area contributed by atoms with Crippen LogP contribution in [0.2, 0.25) is 0 Å². The number of alkyl halides is 9. The number of halogens is 12. The van der Waals surface area contributed by atoms with E-state index >= 15 is 0 Å². The average molecular weight is 703 g/mol. The van der Waals surface area contributed by atoms with Gasteiger partial charge in [-0.15, -0.1) is 0 Å². The Hall–Kier alpha value is -2.82. The summed E-state index contributed by atoms with van der Waals surface area (Å²) in [7, 11) is 0.741. The number of benzene rings is 2. The van der Waals surface area contributed by atoms with Crippen LogP contribution in [-0.4, -0.2) is 42.9 Å². The van der Waals surface area contributed by atoms with Gasteiger partial charge in [0.15, 0.2) is 0 Å². The minimum atomic E-state index is -5.32. The van der Waals surface area contributed by atoms with Gasteiger partial charge < -0.3 is 5.32 Å². The zero-order valence-electron chi connectivity index (χ0n) is 19.1. The van der Waals surface area contributed by atoms with E-state index in [1.54, 1.807) is 5.43 Å². The van der Waals surface area contributed by atoms with Crippen molar-refractivity contribution in [3.05, 3.63) is 73.7 Å². The maximum Gasteiger partial charge on any atom is 0.417 e. The van der Waals surface area contributed by atoms with Crippen LogP contribution in [0.25, 0.3) is 5.83 Å². The van der Waals surface area contributed by atoms with E-state index < -0.39 is 71.0 Å². The zero-order valence-corrected chi connectivity index (χ0v) is 22.3. The second-order valence-corrected chi connectivity index (χ2v) is 9.45. The molecule has 0 heterocycles. The van der Waals surface area contributed by atoms with Crippen LogP contribution in [0.15, 0.2) is 51.4 Å². The molecule has 214 valence electrons. The Bertz CT molecular complexity index is 1260. The van der Waals surface area contributed by atoms with Crippen molar-refractivity contribution in [2.45, 2.75) is 24.4 Å². The van der Waals surface area contributed by atoms with Crippen LogP contribution in [0.4, 0.5) is 48.7 Å². The van der Waals surface area contributed by atoms with Gasteiger partial charge in [-0.05, 0) is 67.8 Å². The summed E-state index contributed by atoms with van der Waals surface area (Å²) < 4.78 is 134. The lowest BCUT2D eigenvalue weighted by atomic mass is 9.95. The predicted octanol–water partition coefficient (Wildman–Crippen LogP) is 7.74. The number of allylic oxidation sites excluding steroid dienone is 1. The van der Waals surface area contributed by atoms with Crippen molar-refractivity contribution >= 4 is 49.6 Å². The summed E-state index contributed by atoms with van der Waals surface area (Å²) in [5, 5.41) is 1.51. The summed E-state index contributed by atoms with van der Waals surface area (Å²) in [6, 6.07) is 2.95. The largest absolute Gasteiger partial charge is 0.417 e. The molecule has 0 aliphatic carbocycles. The Balaban J connectivity index is 2.42. The fourth-order valence-corrected chi connectivity index (χ4v) is 3.65. The highest BCUT2D eigenvalue weighted by Crippen LogP contribution is 2.41. The predicted molar refractivity (Wildman–Crippen MR) is 126 cm³/mol. The van der Waals surface area contributed by atoms with Gasteiger partial charge in [-0.1, -0.05) is 12.1 Å². The summed E-state index contributed by atoms with van der Waals surface area (Å²) in [6.45, 7) is -1.80. The first-order valence-electron chi connectivity index (χ1n) is 10.2. The van der Waals surface area contributed by atoms with Crippen LogP contribution in [0.1, 0.15) is 33.0 Å². The highest BCUT2D eigenvalue weighted by Gasteiger charge is 2.41. The molecule has 2 rings (SSSR count). The number of hydrogen-bond acceptors (Lipinski definition) is 2. The number of urea groups is 1. The van der Waals surface area contributed by atoms with E-state index in [4.69, 9.17) is 0 Å². The zero-order chi connectivity index (χ0) is 29.9. The normalized spacial score (nSPS) is 13.6. The Kier molecular flexibility index (Phi) is 10.1. The van der Waals surface area contributed by atoms with Crippen LogP contribution in [-0.2, 0) is 6.18 Å². The molecule has 0 saturated carbocycles. The number of rotatable bonds is 5. The maximum absolute atomic E-state index is 14.9. The topological polar surface area (TPSA) is 61.4 Å². The molecule has 0 aliphatic rings. The molecule has 0 spiro atoms. The standard InChI is InChI=1S/C22H15Br2F10N3O2/c1-37(19(39)35-9-20(26,27)28)36-18(38)12-4-2-11(6-14(12)22(32,33)34)17(25)8-13(21(29,30)31)10-3-5-15(23)16(24)7-10/h2-8,13H,9H2,1H3,(H,35,39)(H,36,38). The third kappa shape index (κ3) is 9.12. The average Bonchev–Trinajstić information content (AvgIpc) is 2.80. The second-order valence-electron chi connectivity index (χ2n) is 7.74. The van der Waals surface area contributed by atoms with Crippen molar-refractivity contribution in [3.8, 4) is 0 Å². The lowest BCUT2D eigenvalue weighted by Crippen LogP contribution is -2.50. The highest BCUT2D eigenvalue weighted by atomic mass is 79.9. The van der Waals surface area contributed by atoms with Crippen LogP contribution < -0.4 is 10.7 Å². The molecule has 0 aliphatic heterocycles. The van der Waals surface area contributed by atoms with E-state index in [0.717, 1.165) is 19.2 Å². The Morgan fingerprint density at radius 2 is 1.56 bits per heavy atom. The first kappa shape index (κ1) is 32.4. The fourth-order valence-electron chi connectivity index (χ4n) is 3.01. The molecule has 0 bridgehead atoms. The van der Waals surface area contributed by atoms with E-state index in [1.165, 1.54) is 11.4 Å². The van der Waals surface area contributed by atoms with E-state index in [9.17, 15) is 53.5 Å². The number of amides is 3. The molecule has 39 heavy (non-hydrogen) atoms. The van der Waals surface area contributed by atoms with Gasteiger partial charge in [-0.3, -0.25) is 10.2 Å². The lowest BCUT2D eigenvalue weighted by Gasteiger charge is -2.21. The molecule has 5 nitrogen and oxygen atoms in total. The number of nitrogens with zero attached hydrogens (tertiary/aromatic N) is 1. The lowest BCUT2D eigenvalue weighted by molar-refractivity contribution is -0.140. The van der Waals surface area contributed by atoms with Gasteiger partial charge in [-0.25, -0.2) is 14.2 Å². The summed E-state index contributed by atoms with van der Waals surface area (Å²) in [5.41, 5.74) is -2.70. The van der Waals surface area contributed by atoms with Crippen LogP contribution >= 0.6 is 31.9 Å². The van der Waals surface area contributed by atoms with Gasteiger partial charge in [0.05, 0.1) is 11.1 Å². The molecule has 17 heteroatoms. The van der Waals surface area contributed by atoms with Gasteiger partial charge >= 0.3 is 24.6 Å². The van der Waals surface area contributed by atoms with Crippen molar-refractivity contribution in [2.24, 2.45) is 0 Å². The van der Waals surface area contributed by atoms with Crippen molar-refractivity contribution in [2.75, 3.05) is 13.6 Å². The monoisotopic (exact) mass is 701 g/mol. The number of hydrazine groups is 1. The SMILES string of the molecule is CN(NC(=O)c1ccc(C(F)=CC(c2ccc(Br)c(Br)c2)C(F)(F)F)cc1C(F)(F)F)C(=O)NCC(F)(F)F. The number of hydrogen-bond donors (Lipinski definition) is 2. The molecule has 0 radical (unpaired) electrons. The molecule has 2 aromatic carbocycles. The maximum atomic E-state index is 14.9. The third-order valence-corrected chi connectivity index (χ3v) is 6.71. The number of nitrogens with one attached hydrogen (secondary N) is 2. The quantitative estimate of drug-likeness (QED) is 0.248. The van der Waals surface area contributed by atoms with Crippen molar-refractivity contribution in [1.82, 2.24) is 15.8 Å². The Labute approximate surface area is 230 Å². The third-order valence-electron chi connectivity index (χ3n) is 4.83. The molecule has 3 amide bonds. The van der Waals surface area contributed by atoms with Crippen LogP contribution in [0, 0.1) is 0 Å². The minimum absolute atomic E-state index is 0.0731. The van der Waals surface area contributed by atoms with E-state index in [0.29, 0.717) is 16.6 Å². The first-order valence-corrected chi connectivity index (χ1v) is 11.8. The number of carbonyl (C=O) groups is 2. The van der Waals surface area contributed by atoms with Gasteiger partial charge in [0.1, 0.15) is 18.3 Å². The number of carbonyl (C=O) groups excluding carboxylic acids is 2. The molecule has 2 N–H and O–H groups in total. The first-order chi connectivity index (χ1) is 17.7. The van der Waals surface area contributed by atoms with Crippen LogP contribution in [0.5, 0.6) is 0 Å². The molecule has 0 saturated heterocycles. The molecule has 2 aromatic rings. The van der Waals surface area contributed by atoms with Gasteiger partial charge in [0.25, 0.3) is 5.91 Å². The van der Waals surface area contributed by atoms with E-state index in [2.05, 4.69) is 31.9 Å². The van der Waals surface area contributed by atoms with Crippen LogP contribution in [0.3, 0.4) is 0 Å². The molecule has 1 atom stereocenters. The summed E-state index contributed by atoms with van der Waals surface area (Å²) in [5.74, 6) is -5.85. The smallest absolute Gasteiger partial charge is 0.327 e. The van der Waals surface area contributed by atoms with Crippen molar-refractivity contribution in [3.63, 3.8) is 0 Å². The van der Waals surface area contributed by atoms with Gasteiger partial charge in [0, 0.05) is 21.6 Å². The van der Waals surface area contributed by atoms with Gasteiger partial charge in [0.2, 0.25) is 0 Å². The summed E-state index contributed by atoms with van der Waals surface area (Å²) >= 11 is 6.09. The van der Waals surface area contributed by atoms with Crippen molar-refractivity contribution < 1.29 is 53.5 Å². The molecule has 1 unspecified atom stereocenters. The minimum Gasteiger partial charge on any atom is -0.327 e. The molecular formula is C22H15Br2F10N3O2. The highest BCUT2D eigenvalue weighted by molar-refractivity contribution is 9.13. The Morgan fingerprint density at radius 3 is 2.08 bits per heavy atom. The Morgan fingerprint density at radius 1 is 0.949 bits per heavy atom. The molecule has 0 fully saturated rings. The fraction of sp³-hybridized carbons (Fsp3) is 0.273. The molecule has 0 aromatic heterocycles.